The fraction of sp³-hybridized carbons (Fsp3) is 0.200. The summed E-state index contributed by atoms with van der Waals surface area (Å²) in [5, 5.41) is 10.1. The van der Waals surface area contributed by atoms with Crippen LogP contribution < -0.4 is 16.0 Å². The summed E-state index contributed by atoms with van der Waals surface area (Å²) >= 11 is 0. The van der Waals surface area contributed by atoms with Gasteiger partial charge in [0.25, 0.3) is 0 Å². The molecule has 15 aromatic rings. The van der Waals surface area contributed by atoms with Crippen LogP contribution in [-0.2, 0) is 101 Å². The number of hydrogen-bond donors (Lipinski definition) is 3. The molecule has 5 heterocycles. The van der Waals surface area contributed by atoms with E-state index in [2.05, 4.69) is 180 Å². The summed E-state index contributed by atoms with van der Waals surface area (Å²) in [6, 6.07) is 122. The number of Topliss-reactive ketones (excluding diaryl/α,β-unsaturated/α-hetero) is 2. The first-order chi connectivity index (χ1) is 60.7. The van der Waals surface area contributed by atoms with Gasteiger partial charge in [-0.05, 0) is 197 Å². The Morgan fingerprint density at radius 2 is 0.561 bits per heavy atom. The van der Waals surface area contributed by atoms with Crippen LogP contribution in [0.2, 0.25) is 0 Å². The Hall–Kier alpha value is -13.7. The van der Waals surface area contributed by atoms with Gasteiger partial charge in [-0.15, -0.1) is 0 Å². The Labute approximate surface area is 727 Å². The SMILES string of the molecule is O=C(Cc1ccccc1)C(CCc1cccnc1)Cc1ccccc1.O=C(Cc1ccccc1)C(Cc1ccccc1)OCc1cccnc1.O=C(Nc1ccccc1)C(CCc1cccnc1)Cc1ccccc1.c1ccc(CC(CCc2cccnc2)CNc2ccccc2)cc1.c1ccc(CC(CNc2ccccc2)OCc2cccnc2)cc1. The molecule has 622 valence electrons. The molecule has 0 saturated carbocycles. The number of nitrogens with zero attached hydrogens (tertiary/aromatic N) is 5. The minimum atomic E-state index is -0.470. The average molecular weight is 1630 g/mol. The first kappa shape index (κ1) is 90.1. The van der Waals surface area contributed by atoms with Crippen LogP contribution in [0.5, 0.6) is 0 Å². The van der Waals surface area contributed by atoms with Crippen LogP contribution >= 0.6 is 0 Å². The third kappa shape index (κ3) is 35.6. The molecule has 15 rings (SSSR count). The summed E-state index contributed by atoms with van der Waals surface area (Å²) in [6.07, 6.45) is 28.4. The number of pyridine rings is 5. The summed E-state index contributed by atoms with van der Waals surface area (Å²) < 4.78 is 12.1. The smallest absolute Gasteiger partial charge is 0.227 e. The predicted octanol–water partition coefficient (Wildman–Crippen LogP) is 22.5. The van der Waals surface area contributed by atoms with Crippen molar-refractivity contribution in [1.82, 2.24) is 24.9 Å². The molecule has 0 radical (unpaired) electrons. The highest BCUT2D eigenvalue weighted by atomic mass is 16.5. The number of hydrogen-bond acceptors (Lipinski definition) is 12. The number of aryl methyl sites for hydroxylation is 3. The molecule has 5 unspecified atom stereocenters. The van der Waals surface area contributed by atoms with Crippen LogP contribution in [-0.4, -0.2) is 67.7 Å². The van der Waals surface area contributed by atoms with Gasteiger partial charge in [0, 0.05) is 130 Å². The van der Waals surface area contributed by atoms with Crippen LogP contribution in [0.25, 0.3) is 0 Å². The number of rotatable bonds is 39. The summed E-state index contributed by atoms with van der Waals surface area (Å²) in [4.78, 5) is 59.3. The van der Waals surface area contributed by atoms with Gasteiger partial charge in [-0.25, -0.2) is 0 Å². The third-order valence-electron chi connectivity index (χ3n) is 20.9. The first-order valence-corrected chi connectivity index (χ1v) is 42.7. The van der Waals surface area contributed by atoms with E-state index in [0.717, 1.165) is 122 Å². The normalized spacial score (nSPS) is 11.8. The van der Waals surface area contributed by atoms with Crippen molar-refractivity contribution in [2.45, 2.75) is 109 Å². The van der Waals surface area contributed by atoms with Gasteiger partial charge in [0.2, 0.25) is 5.91 Å². The van der Waals surface area contributed by atoms with Gasteiger partial charge in [-0.3, -0.25) is 39.3 Å². The largest absolute Gasteiger partial charge is 0.385 e. The Balaban J connectivity index is 0.000000150. The third-order valence-corrected chi connectivity index (χ3v) is 20.9. The number of benzene rings is 10. The lowest BCUT2D eigenvalue weighted by atomic mass is 9.87. The molecule has 0 aliphatic heterocycles. The number of carbonyl (C=O) groups is 3. The van der Waals surface area contributed by atoms with E-state index in [4.69, 9.17) is 9.47 Å². The number of para-hydroxylation sites is 3. The zero-order valence-corrected chi connectivity index (χ0v) is 70.1. The second-order valence-electron chi connectivity index (χ2n) is 30.5. The lowest BCUT2D eigenvalue weighted by Crippen LogP contribution is -2.28. The number of ether oxygens (including phenoxy) is 2. The molecule has 1 amide bonds. The fourth-order valence-corrected chi connectivity index (χ4v) is 14.2. The predicted molar refractivity (Wildman–Crippen MR) is 500 cm³/mol. The van der Waals surface area contributed by atoms with E-state index in [1.807, 2.05) is 255 Å². The molecule has 5 aromatic heterocycles. The molecule has 0 aliphatic rings. The zero-order chi connectivity index (χ0) is 84.9. The highest BCUT2D eigenvalue weighted by molar-refractivity contribution is 5.92. The van der Waals surface area contributed by atoms with E-state index in [1.165, 1.54) is 39.1 Å². The number of ketones is 2. The van der Waals surface area contributed by atoms with E-state index in [0.29, 0.717) is 44.2 Å². The lowest BCUT2D eigenvalue weighted by molar-refractivity contribution is -0.130. The van der Waals surface area contributed by atoms with E-state index >= 15 is 0 Å². The minimum absolute atomic E-state index is 0.0304. The van der Waals surface area contributed by atoms with E-state index in [1.54, 1.807) is 31.0 Å². The summed E-state index contributed by atoms with van der Waals surface area (Å²) in [7, 11) is 0. The quantitative estimate of drug-likeness (QED) is 0.0334. The molecule has 13 heteroatoms. The van der Waals surface area contributed by atoms with Gasteiger partial charge in [-0.2, -0.15) is 0 Å². The fourth-order valence-electron chi connectivity index (χ4n) is 14.2. The highest BCUT2D eigenvalue weighted by Crippen LogP contribution is 2.24. The zero-order valence-electron chi connectivity index (χ0n) is 70.1. The molecule has 0 fully saturated rings. The summed E-state index contributed by atoms with van der Waals surface area (Å²) in [5.41, 5.74) is 17.2. The Bertz CT molecular complexity index is 4730. The van der Waals surface area contributed by atoms with Crippen molar-refractivity contribution in [2.75, 3.05) is 29.0 Å². The minimum Gasteiger partial charge on any atom is -0.385 e. The maximum Gasteiger partial charge on any atom is 0.227 e. The number of carbonyl (C=O) groups excluding carboxylic acids is 3. The van der Waals surface area contributed by atoms with Gasteiger partial charge >= 0.3 is 0 Å². The number of amides is 1. The van der Waals surface area contributed by atoms with Gasteiger partial charge in [0.05, 0.1) is 19.3 Å². The van der Waals surface area contributed by atoms with Crippen molar-refractivity contribution in [3.63, 3.8) is 0 Å². The molecule has 13 nitrogen and oxygen atoms in total. The van der Waals surface area contributed by atoms with Crippen molar-refractivity contribution < 1.29 is 23.9 Å². The molecule has 123 heavy (non-hydrogen) atoms. The molecule has 3 N–H and O–H groups in total. The van der Waals surface area contributed by atoms with Gasteiger partial charge in [0.1, 0.15) is 11.9 Å². The maximum absolute atomic E-state index is 12.9. The molecule has 0 bridgehead atoms. The van der Waals surface area contributed by atoms with Crippen LogP contribution in [0.1, 0.15) is 86.0 Å². The summed E-state index contributed by atoms with van der Waals surface area (Å²) in [5.74, 6) is 1.02. The van der Waals surface area contributed by atoms with E-state index in [-0.39, 0.29) is 29.6 Å². The Morgan fingerprint density at radius 3 is 0.959 bits per heavy atom. The monoisotopic (exact) mass is 1620 g/mol. The Kier molecular flexibility index (Phi) is 39.3. The molecule has 0 saturated heterocycles. The van der Waals surface area contributed by atoms with Crippen LogP contribution in [0.4, 0.5) is 17.1 Å². The van der Waals surface area contributed by atoms with Crippen molar-refractivity contribution in [1.29, 1.82) is 0 Å². The molecule has 0 aliphatic carbocycles. The van der Waals surface area contributed by atoms with Gasteiger partial charge in [-0.1, -0.05) is 297 Å². The number of nitrogens with one attached hydrogen (secondary N) is 3. The highest BCUT2D eigenvalue weighted by Gasteiger charge is 2.23. The Morgan fingerprint density at radius 1 is 0.260 bits per heavy atom. The van der Waals surface area contributed by atoms with Crippen LogP contribution in [0.15, 0.2) is 426 Å². The summed E-state index contributed by atoms with van der Waals surface area (Å²) in [6.45, 7) is 2.70. The van der Waals surface area contributed by atoms with E-state index in [9.17, 15) is 14.4 Å². The first-order valence-electron chi connectivity index (χ1n) is 42.7. The number of anilines is 3. The van der Waals surface area contributed by atoms with Crippen molar-refractivity contribution >= 4 is 34.5 Å². The molecule has 5 atom stereocenters. The molecule has 0 spiro atoms. The molecular formula is C110H112N8O5. The van der Waals surface area contributed by atoms with Crippen LogP contribution in [0, 0.1) is 17.8 Å². The van der Waals surface area contributed by atoms with Crippen molar-refractivity contribution in [3.05, 3.63) is 493 Å². The average Bonchev–Trinajstić information content (AvgIpc) is 0.914. The van der Waals surface area contributed by atoms with Gasteiger partial charge < -0.3 is 25.4 Å². The van der Waals surface area contributed by atoms with E-state index < -0.39 is 6.10 Å². The molecule has 10 aromatic carbocycles. The second kappa shape index (κ2) is 53.7. The van der Waals surface area contributed by atoms with Crippen molar-refractivity contribution in [3.8, 4) is 0 Å². The lowest BCUT2D eigenvalue weighted by Gasteiger charge is -2.19. The van der Waals surface area contributed by atoms with Crippen molar-refractivity contribution in [2.24, 2.45) is 17.8 Å². The van der Waals surface area contributed by atoms with Crippen LogP contribution in [0.3, 0.4) is 0 Å². The van der Waals surface area contributed by atoms with Gasteiger partial charge in [0.15, 0.2) is 5.78 Å². The standard InChI is InChI=1S/C23H23NO.C22H22N2O.C22H24N2.C22H21NO2.C21H22N2O/c25-23(17-20-10-5-2-6-11-20)22(16-19-8-3-1-4-9-19)14-13-21-12-7-15-24-18-21;25-22(24-21-11-5-2-6-12-21)20(16-18-8-3-1-4-9-18)14-13-19-10-7-15-23-17-19;1-3-8-19(9-4-1)16-21(14-13-20-10-7-15-23-17-20)18-24-22-11-5-2-6-12-22;24-21(14-18-8-3-1-4-9-18)22(15-19-10-5-2-6-11-19)25-17-20-12-7-13-23-16-20;1-3-8-18(9-4-1)14-21(16-23-20-11-5-2-6-12-20)24-17-19-10-7-13-22-15-19/h1-12,15,18,22H,13-14,16-17H2;1-12,15,17,20H,13-14,16H2,(H,24,25);1-12,15,17,21,24H,13-14,16,18H2;1-13,16,22H,14-15,17H2;1-13,15,21,23H,14,16-17H2. The molecular weight excluding hydrogens is 1510 g/mol. The topological polar surface area (TPSA) is 170 Å². The maximum atomic E-state index is 12.9. The second-order valence-corrected chi connectivity index (χ2v) is 30.5. The number of aromatic nitrogens is 5.